The topological polar surface area (TPSA) is 78.4 Å². The molecule has 0 aromatic rings. The second kappa shape index (κ2) is 7.32. The molecule has 14 heavy (non-hydrogen) atoms. The minimum Gasteiger partial charge on any atom is -0.481 e. The van der Waals surface area contributed by atoms with Gasteiger partial charge in [-0.05, 0) is 19.4 Å². The Morgan fingerprint density at radius 3 is 2.57 bits per heavy atom. The van der Waals surface area contributed by atoms with E-state index in [-0.39, 0.29) is 18.2 Å². The van der Waals surface area contributed by atoms with E-state index in [1.54, 1.807) is 7.05 Å². The van der Waals surface area contributed by atoms with E-state index in [9.17, 15) is 9.59 Å². The molecule has 0 heterocycles. The molecular weight excluding hydrogens is 184 g/mol. The first-order valence-electron chi connectivity index (χ1n) is 4.69. The molecule has 82 valence electrons. The Labute approximate surface area is 83.9 Å². The van der Waals surface area contributed by atoms with Crippen LogP contribution in [-0.2, 0) is 9.59 Å². The van der Waals surface area contributed by atoms with Crippen LogP contribution in [0.5, 0.6) is 0 Å². The highest BCUT2D eigenvalue weighted by Gasteiger charge is 2.06. The van der Waals surface area contributed by atoms with Gasteiger partial charge in [-0.15, -0.1) is 0 Å². The predicted molar refractivity (Wildman–Crippen MR) is 53.0 cm³/mol. The quantitative estimate of drug-likeness (QED) is 0.535. The van der Waals surface area contributed by atoms with E-state index in [4.69, 9.17) is 5.11 Å². The summed E-state index contributed by atoms with van der Waals surface area (Å²) in [5.41, 5.74) is 0. The second-order valence-electron chi connectivity index (χ2n) is 3.37. The smallest absolute Gasteiger partial charge is 0.303 e. The zero-order valence-corrected chi connectivity index (χ0v) is 8.67. The second-order valence-corrected chi connectivity index (χ2v) is 3.37. The predicted octanol–water partition coefficient (Wildman–Crippen LogP) is -0.177. The van der Waals surface area contributed by atoms with E-state index in [1.807, 2.05) is 6.92 Å². The van der Waals surface area contributed by atoms with Crippen LogP contribution >= 0.6 is 0 Å². The van der Waals surface area contributed by atoms with E-state index in [0.29, 0.717) is 19.5 Å². The maximum atomic E-state index is 11.0. The highest BCUT2D eigenvalue weighted by atomic mass is 16.4. The summed E-state index contributed by atoms with van der Waals surface area (Å²) in [4.78, 5) is 21.2. The lowest BCUT2D eigenvalue weighted by Crippen LogP contribution is -2.34. The van der Waals surface area contributed by atoms with Gasteiger partial charge >= 0.3 is 5.97 Å². The molecule has 1 amide bonds. The van der Waals surface area contributed by atoms with Crippen molar-refractivity contribution in [2.45, 2.75) is 19.8 Å². The number of aliphatic carboxylic acids is 1. The first-order valence-corrected chi connectivity index (χ1v) is 4.69. The molecule has 0 aromatic carbocycles. The average Bonchev–Trinajstić information content (AvgIpc) is 2.12. The van der Waals surface area contributed by atoms with Crippen molar-refractivity contribution in [1.82, 2.24) is 10.6 Å². The number of carbonyl (C=O) groups excluding carboxylic acids is 1. The largest absolute Gasteiger partial charge is 0.481 e. The van der Waals surface area contributed by atoms with Crippen LogP contribution in [0.3, 0.4) is 0 Å². The summed E-state index contributed by atoms with van der Waals surface area (Å²) in [6, 6.07) is 0. The third kappa shape index (κ3) is 7.54. The minimum absolute atomic E-state index is 0.0605. The van der Waals surface area contributed by atoms with Gasteiger partial charge in [0.15, 0.2) is 0 Å². The molecule has 0 saturated heterocycles. The molecule has 1 unspecified atom stereocenters. The lowest BCUT2D eigenvalue weighted by molar-refractivity contribution is -0.137. The van der Waals surface area contributed by atoms with Crippen LogP contribution in [0.25, 0.3) is 0 Å². The first kappa shape index (κ1) is 12.9. The monoisotopic (exact) mass is 202 g/mol. The van der Waals surface area contributed by atoms with Gasteiger partial charge in [-0.3, -0.25) is 9.59 Å². The van der Waals surface area contributed by atoms with Crippen LogP contribution in [-0.4, -0.2) is 37.1 Å². The molecule has 0 fully saturated rings. The van der Waals surface area contributed by atoms with Gasteiger partial charge in [0.1, 0.15) is 0 Å². The molecule has 0 bridgehead atoms. The molecule has 0 aliphatic rings. The van der Waals surface area contributed by atoms with Gasteiger partial charge < -0.3 is 15.7 Å². The summed E-state index contributed by atoms with van der Waals surface area (Å²) in [6.07, 6.45) is 0.748. The summed E-state index contributed by atoms with van der Waals surface area (Å²) in [6.45, 7) is 2.75. The molecule has 0 aromatic heterocycles. The summed E-state index contributed by atoms with van der Waals surface area (Å²) in [5, 5.41) is 13.9. The first-order chi connectivity index (χ1) is 6.56. The van der Waals surface area contributed by atoms with E-state index < -0.39 is 5.97 Å². The Balaban J connectivity index is 3.48. The maximum Gasteiger partial charge on any atom is 0.303 e. The zero-order chi connectivity index (χ0) is 11.0. The zero-order valence-electron chi connectivity index (χ0n) is 8.67. The number of hydrogen-bond acceptors (Lipinski definition) is 3. The highest BCUT2D eigenvalue weighted by molar-refractivity contribution is 5.77. The van der Waals surface area contributed by atoms with Gasteiger partial charge in [0.2, 0.25) is 5.91 Å². The van der Waals surface area contributed by atoms with Crippen LogP contribution in [0.2, 0.25) is 0 Å². The third-order valence-corrected chi connectivity index (χ3v) is 1.84. The third-order valence-electron chi connectivity index (χ3n) is 1.84. The average molecular weight is 202 g/mol. The summed E-state index contributed by atoms with van der Waals surface area (Å²) in [7, 11) is 1.70. The molecule has 0 saturated carbocycles. The fourth-order valence-corrected chi connectivity index (χ4v) is 0.983. The molecule has 5 nitrogen and oxygen atoms in total. The maximum absolute atomic E-state index is 11.0. The Hall–Kier alpha value is -1.10. The lowest BCUT2D eigenvalue weighted by Gasteiger charge is -2.10. The van der Waals surface area contributed by atoms with Gasteiger partial charge in [-0.1, -0.05) is 6.92 Å². The molecule has 5 heteroatoms. The van der Waals surface area contributed by atoms with Gasteiger partial charge in [-0.2, -0.15) is 0 Å². The normalized spacial score (nSPS) is 12.1. The molecule has 0 aliphatic heterocycles. The van der Waals surface area contributed by atoms with Crippen molar-refractivity contribution in [3.05, 3.63) is 0 Å². The van der Waals surface area contributed by atoms with Crippen LogP contribution < -0.4 is 10.6 Å². The molecule has 0 spiro atoms. The van der Waals surface area contributed by atoms with Crippen LogP contribution in [0, 0.1) is 5.92 Å². The Morgan fingerprint density at radius 2 is 2.07 bits per heavy atom. The fourth-order valence-electron chi connectivity index (χ4n) is 0.983. The van der Waals surface area contributed by atoms with E-state index in [2.05, 4.69) is 10.6 Å². The van der Waals surface area contributed by atoms with Gasteiger partial charge in [0.05, 0.1) is 6.54 Å². The van der Waals surface area contributed by atoms with Crippen LogP contribution in [0.4, 0.5) is 0 Å². The minimum atomic E-state index is -0.793. The molecule has 0 rings (SSSR count). The van der Waals surface area contributed by atoms with Crippen LogP contribution in [0.1, 0.15) is 19.8 Å². The Bertz CT molecular complexity index is 194. The molecule has 0 aliphatic carbocycles. The number of nitrogens with one attached hydrogen (secondary N) is 2. The Morgan fingerprint density at radius 1 is 1.43 bits per heavy atom. The standard InChI is InChI=1S/C9H18N2O3/c1-7(3-4-9(13)14)5-11-8(12)6-10-2/h7,10H,3-6H2,1-2H3,(H,11,12)(H,13,14). The lowest BCUT2D eigenvalue weighted by atomic mass is 10.1. The van der Waals surface area contributed by atoms with Crippen molar-refractivity contribution in [2.24, 2.45) is 5.92 Å². The fraction of sp³-hybridized carbons (Fsp3) is 0.778. The highest BCUT2D eigenvalue weighted by Crippen LogP contribution is 2.03. The van der Waals surface area contributed by atoms with Crippen molar-refractivity contribution >= 4 is 11.9 Å². The van der Waals surface area contributed by atoms with Crippen molar-refractivity contribution < 1.29 is 14.7 Å². The van der Waals surface area contributed by atoms with Crippen molar-refractivity contribution in [3.63, 3.8) is 0 Å². The van der Waals surface area contributed by atoms with Crippen molar-refractivity contribution in [2.75, 3.05) is 20.1 Å². The molecular formula is C9H18N2O3. The number of likely N-dealkylation sites (N-methyl/N-ethyl adjacent to an activating group) is 1. The number of hydrogen-bond donors (Lipinski definition) is 3. The number of rotatable bonds is 7. The molecule has 1 atom stereocenters. The summed E-state index contributed by atoms with van der Waals surface area (Å²) >= 11 is 0. The molecule has 0 radical (unpaired) electrons. The summed E-state index contributed by atoms with van der Waals surface area (Å²) < 4.78 is 0. The number of carboxylic acids is 1. The number of carbonyl (C=O) groups is 2. The number of carboxylic acid groups (broad SMARTS) is 1. The van der Waals surface area contributed by atoms with E-state index in [0.717, 1.165) is 0 Å². The number of amides is 1. The van der Waals surface area contributed by atoms with Gasteiger partial charge in [0, 0.05) is 13.0 Å². The molecule has 3 N–H and O–H groups in total. The van der Waals surface area contributed by atoms with Crippen LogP contribution in [0.15, 0.2) is 0 Å². The van der Waals surface area contributed by atoms with E-state index >= 15 is 0 Å². The van der Waals surface area contributed by atoms with Crippen molar-refractivity contribution in [3.8, 4) is 0 Å². The Kier molecular flexibility index (Phi) is 6.74. The van der Waals surface area contributed by atoms with Gasteiger partial charge in [0.25, 0.3) is 0 Å². The van der Waals surface area contributed by atoms with E-state index in [1.165, 1.54) is 0 Å². The summed E-state index contributed by atoms with van der Waals surface area (Å²) in [5.74, 6) is -0.653. The van der Waals surface area contributed by atoms with Gasteiger partial charge in [-0.25, -0.2) is 0 Å². The SMILES string of the molecule is CNCC(=O)NCC(C)CCC(=O)O. The van der Waals surface area contributed by atoms with Crippen molar-refractivity contribution in [1.29, 1.82) is 0 Å².